The van der Waals surface area contributed by atoms with Gasteiger partial charge < -0.3 is 9.47 Å². The summed E-state index contributed by atoms with van der Waals surface area (Å²) in [4.78, 5) is 12.1. The van der Waals surface area contributed by atoms with Gasteiger partial charge in [0.15, 0.2) is 11.5 Å². The number of hydrogen-bond acceptors (Lipinski definition) is 4. The Balaban J connectivity index is 1.64. The van der Waals surface area contributed by atoms with Crippen LogP contribution in [0.4, 0.5) is 4.39 Å². The van der Waals surface area contributed by atoms with Crippen LogP contribution in [0.15, 0.2) is 71.8 Å². The fraction of sp³-hybridized carbons (Fsp3) is 0.0909. The standard InChI is InChI=1S/C22H18FIN2O3/c1-28-21-11-15(13-25-26-22(27)16-6-4-7-18(24)12-16)9-10-20(21)29-14-17-5-2-3-8-19(17)23/h2-13H,14H2,1H3,(H,26,27)/b25-13-. The highest BCUT2D eigenvalue weighted by Crippen LogP contribution is 2.28. The second kappa shape index (κ2) is 10.0. The third kappa shape index (κ3) is 5.77. The molecule has 0 heterocycles. The van der Waals surface area contributed by atoms with Crippen LogP contribution in [0.25, 0.3) is 0 Å². The van der Waals surface area contributed by atoms with Crippen molar-refractivity contribution in [3.05, 3.63) is 92.8 Å². The topological polar surface area (TPSA) is 59.9 Å². The molecule has 29 heavy (non-hydrogen) atoms. The maximum atomic E-state index is 13.7. The van der Waals surface area contributed by atoms with Gasteiger partial charge in [-0.15, -0.1) is 0 Å². The van der Waals surface area contributed by atoms with Crippen molar-refractivity contribution in [3.63, 3.8) is 0 Å². The Labute approximate surface area is 181 Å². The molecular weight excluding hydrogens is 486 g/mol. The Hall–Kier alpha value is -2.94. The first-order valence-electron chi connectivity index (χ1n) is 8.70. The van der Waals surface area contributed by atoms with Gasteiger partial charge in [0.05, 0.1) is 13.3 Å². The molecule has 0 bridgehead atoms. The van der Waals surface area contributed by atoms with E-state index in [2.05, 4.69) is 33.1 Å². The molecule has 0 aliphatic carbocycles. The van der Waals surface area contributed by atoms with Crippen molar-refractivity contribution in [3.8, 4) is 11.5 Å². The second-order valence-electron chi connectivity index (χ2n) is 6.00. The predicted octanol–water partition coefficient (Wildman–Crippen LogP) is 4.78. The van der Waals surface area contributed by atoms with Crippen molar-refractivity contribution in [2.24, 2.45) is 5.10 Å². The van der Waals surface area contributed by atoms with Crippen LogP contribution in [0.2, 0.25) is 0 Å². The zero-order valence-electron chi connectivity index (χ0n) is 15.6. The van der Waals surface area contributed by atoms with Crippen LogP contribution < -0.4 is 14.9 Å². The van der Waals surface area contributed by atoms with Gasteiger partial charge in [0.25, 0.3) is 5.91 Å². The summed E-state index contributed by atoms with van der Waals surface area (Å²) in [5, 5.41) is 3.98. The largest absolute Gasteiger partial charge is 0.493 e. The summed E-state index contributed by atoms with van der Waals surface area (Å²) in [7, 11) is 1.52. The Bertz CT molecular complexity index is 1040. The normalized spacial score (nSPS) is 10.7. The fourth-order valence-electron chi connectivity index (χ4n) is 2.51. The maximum Gasteiger partial charge on any atom is 0.271 e. The average Bonchev–Trinajstić information content (AvgIpc) is 2.73. The molecule has 148 valence electrons. The number of benzene rings is 3. The molecule has 0 atom stereocenters. The lowest BCUT2D eigenvalue weighted by Gasteiger charge is -2.11. The van der Waals surface area contributed by atoms with E-state index in [4.69, 9.17) is 9.47 Å². The van der Waals surface area contributed by atoms with Crippen LogP contribution in [0, 0.1) is 9.39 Å². The Morgan fingerprint density at radius 2 is 1.93 bits per heavy atom. The quantitative estimate of drug-likeness (QED) is 0.286. The van der Waals surface area contributed by atoms with E-state index in [0.29, 0.717) is 28.2 Å². The number of hydrogen-bond donors (Lipinski definition) is 1. The molecule has 0 aromatic heterocycles. The zero-order valence-corrected chi connectivity index (χ0v) is 17.7. The minimum atomic E-state index is -0.320. The van der Waals surface area contributed by atoms with Gasteiger partial charge in [-0.1, -0.05) is 24.3 Å². The monoisotopic (exact) mass is 504 g/mol. The van der Waals surface area contributed by atoms with Gasteiger partial charge in [0.1, 0.15) is 12.4 Å². The predicted molar refractivity (Wildman–Crippen MR) is 118 cm³/mol. The first-order valence-corrected chi connectivity index (χ1v) is 9.78. The van der Waals surface area contributed by atoms with Crippen LogP contribution in [0.1, 0.15) is 21.5 Å². The zero-order chi connectivity index (χ0) is 20.6. The molecular formula is C22H18FIN2O3. The summed E-state index contributed by atoms with van der Waals surface area (Å²) in [5.74, 6) is 0.348. The lowest BCUT2D eigenvalue weighted by atomic mass is 10.2. The van der Waals surface area contributed by atoms with Gasteiger partial charge >= 0.3 is 0 Å². The Kier molecular flexibility index (Phi) is 7.18. The van der Waals surface area contributed by atoms with Gasteiger partial charge in [-0.3, -0.25) is 4.79 Å². The molecule has 1 N–H and O–H groups in total. The molecule has 0 saturated heterocycles. The molecule has 7 heteroatoms. The summed E-state index contributed by atoms with van der Waals surface area (Å²) >= 11 is 2.14. The lowest BCUT2D eigenvalue weighted by Crippen LogP contribution is -2.17. The Morgan fingerprint density at radius 1 is 1.10 bits per heavy atom. The van der Waals surface area contributed by atoms with Crippen LogP contribution in [0.3, 0.4) is 0 Å². The molecule has 3 aromatic carbocycles. The van der Waals surface area contributed by atoms with Gasteiger partial charge in [0.2, 0.25) is 0 Å². The van der Waals surface area contributed by atoms with E-state index < -0.39 is 0 Å². The number of carbonyl (C=O) groups is 1. The average molecular weight is 504 g/mol. The van der Waals surface area contributed by atoms with Crippen molar-refractivity contribution < 1.29 is 18.7 Å². The number of halogens is 2. The molecule has 0 spiro atoms. The molecule has 0 aliphatic heterocycles. The summed E-state index contributed by atoms with van der Waals surface area (Å²) in [6.45, 7) is 0.0857. The SMILES string of the molecule is COc1cc(/C=N\NC(=O)c2cccc(I)c2)ccc1OCc1ccccc1F. The van der Waals surface area contributed by atoms with Crippen molar-refractivity contribution in [2.75, 3.05) is 7.11 Å². The number of amides is 1. The fourth-order valence-corrected chi connectivity index (χ4v) is 3.06. The Morgan fingerprint density at radius 3 is 2.69 bits per heavy atom. The lowest BCUT2D eigenvalue weighted by molar-refractivity contribution is 0.0955. The van der Waals surface area contributed by atoms with E-state index in [1.165, 1.54) is 19.4 Å². The molecule has 3 rings (SSSR count). The van der Waals surface area contributed by atoms with Crippen LogP contribution >= 0.6 is 22.6 Å². The number of carbonyl (C=O) groups excluding carboxylic acids is 1. The number of nitrogens with zero attached hydrogens (tertiary/aromatic N) is 1. The van der Waals surface area contributed by atoms with Gasteiger partial charge in [-0.05, 0) is 70.6 Å². The first kappa shape index (κ1) is 20.8. The molecule has 0 fully saturated rings. The van der Waals surface area contributed by atoms with Crippen molar-refractivity contribution in [1.29, 1.82) is 0 Å². The smallest absolute Gasteiger partial charge is 0.271 e. The third-order valence-corrected chi connectivity index (χ3v) is 4.67. The molecule has 5 nitrogen and oxygen atoms in total. The van der Waals surface area contributed by atoms with E-state index in [9.17, 15) is 9.18 Å². The van der Waals surface area contributed by atoms with Gasteiger partial charge in [-0.25, -0.2) is 9.82 Å². The summed E-state index contributed by atoms with van der Waals surface area (Å²) < 4.78 is 25.7. The summed E-state index contributed by atoms with van der Waals surface area (Å²) in [6, 6.07) is 18.8. The molecule has 3 aromatic rings. The number of ether oxygens (including phenoxy) is 2. The molecule has 1 amide bonds. The number of hydrazone groups is 1. The number of nitrogens with one attached hydrogen (secondary N) is 1. The first-order chi connectivity index (χ1) is 14.1. The second-order valence-corrected chi connectivity index (χ2v) is 7.25. The van der Waals surface area contributed by atoms with Crippen molar-refractivity contribution in [1.82, 2.24) is 5.43 Å². The van der Waals surface area contributed by atoms with Crippen LogP contribution in [0.5, 0.6) is 11.5 Å². The molecule has 0 saturated carbocycles. The highest BCUT2D eigenvalue weighted by Gasteiger charge is 2.08. The highest BCUT2D eigenvalue weighted by atomic mass is 127. The van der Waals surface area contributed by atoms with Crippen molar-refractivity contribution >= 4 is 34.7 Å². The number of rotatable bonds is 7. The van der Waals surface area contributed by atoms with Gasteiger partial charge in [-0.2, -0.15) is 5.10 Å². The van der Waals surface area contributed by atoms with Crippen molar-refractivity contribution in [2.45, 2.75) is 6.61 Å². The van der Waals surface area contributed by atoms with E-state index in [0.717, 1.165) is 3.57 Å². The maximum absolute atomic E-state index is 13.7. The summed E-state index contributed by atoms with van der Waals surface area (Å²) in [6.07, 6.45) is 1.51. The van der Waals surface area contributed by atoms with Crippen LogP contribution in [-0.4, -0.2) is 19.2 Å². The minimum Gasteiger partial charge on any atom is -0.493 e. The number of methoxy groups -OCH3 is 1. The third-order valence-electron chi connectivity index (χ3n) is 4.00. The molecule has 0 radical (unpaired) electrons. The van der Waals surface area contributed by atoms with E-state index in [-0.39, 0.29) is 18.3 Å². The molecule has 0 unspecified atom stereocenters. The van der Waals surface area contributed by atoms with E-state index >= 15 is 0 Å². The minimum absolute atomic E-state index is 0.0857. The molecule has 0 aliphatic rings. The summed E-state index contributed by atoms with van der Waals surface area (Å²) in [5.41, 5.74) is 4.19. The highest BCUT2D eigenvalue weighted by molar-refractivity contribution is 14.1. The van der Waals surface area contributed by atoms with E-state index in [1.807, 2.05) is 12.1 Å². The van der Waals surface area contributed by atoms with Gasteiger partial charge in [0, 0.05) is 14.7 Å². The van der Waals surface area contributed by atoms with Crippen LogP contribution in [-0.2, 0) is 6.61 Å². The van der Waals surface area contributed by atoms with E-state index in [1.54, 1.807) is 48.5 Å².